The van der Waals surface area contributed by atoms with Crippen LogP contribution >= 0.6 is 23.2 Å². The van der Waals surface area contributed by atoms with Crippen molar-refractivity contribution in [3.63, 3.8) is 0 Å². The number of nitriles is 1. The molecule has 0 spiro atoms. The number of amides is 1. The van der Waals surface area contributed by atoms with E-state index >= 15 is 0 Å². The Balaban J connectivity index is 2.07. The van der Waals surface area contributed by atoms with Gasteiger partial charge in [-0.15, -0.1) is 0 Å². The SMILES string of the molecule is N#C/C(=C/Nc1ccc(Cl)c([N+](=O)[O-])c1)C(=O)NCc1ccccc1Cl. The van der Waals surface area contributed by atoms with Gasteiger partial charge in [0.2, 0.25) is 0 Å². The number of rotatable bonds is 6. The predicted molar refractivity (Wildman–Crippen MR) is 98.7 cm³/mol. The summed E-state index contributed by atoms with van der Waals surface area (Å²) in [5.74, 6) is -0.608. The number of benzene rings is 2. The molecule has 0 aliphatic heterocycles. The first-order chi connectivity index (χ1) is 12.4. The van der Waals surface area contributed by atoms with Crippen molar-refractivity contribution in [3.8, 4) is 6.07 Å². The van der Waals surface area contributed by atoms with Crippen molar-refractivity contribution in [1.29, 1.82) is 5.26 Å². The lowest BCUT2D eigenvalue weighted by Gasteiger charge is -2.07. The largest absolute Gasteiger partial charge is 0.360 e. The summed E-state index contributed by atoms with van der Waals surface area (Å²) in [6.07, 6.45) is 1.16. The maximum atomic E-state index is 12.1. The molecule has 0 aliphatic rings. The van der Waals surface area contributed by atoms with E-state index in [2.05, 4.69) is 10.6 Å². The molecule has 0 saturated carbocycles. The third-order valence-electron chi connectivity index (χ3n) is 3.29. The fourth-order valence-electron chi connectivity index (χ4n) is 1.96. The zero-order valence-electron chi connectivity index (χ0n) is 13.2. The second kappa shape index (κ2) is 8.85. The molecule has 132 valence electrons. The van der Waals surface area contributed by atoms with Crippen LogP contribution in [0.4, 0.5) is 11.4 Å². The Morgan fingerprint density at radius 2 is 1.96 bits per heavy atom. The Hall–Kier alpha value is -3.08. The van der Waals surface area contributed by atoms with E-state index < -0.39 is 10.8 Å². The minimum Gasteiger partial charge on any atom is -0.360 e. The van der Waals surface area contributed by atoms with Gasteiger partial charge >= 0.3 is 0 Å². The number of carbonyl (C=O) groups excluding carboxylic acids is 1. The number of nitrogens with one attached hydrogen (secondary N) is 2. The number of nitro benzene ring substituents is 1. The molecular weight excluding hydrogens is 379 g/mol. The first-order valence-electron chi connectivity index (χ1n) is 7.24. The topological polar surface area (TPSA) is 108 Å². The Labute approximate surface area is 159 Å². The van der Waals surface area contributed by atoms with E-state index in [1.54, 1.807) is 30.3 Å². The van der Waals surface area contributed by atoms with Crippen LogP contribution in [0.25, 0.3) is 0 Å². The van der Waals surface area contributed by atoms with Crippen LogP contribution in [0.15, 0.2) is 54.2 Å². The van der Waals surface area contributed by atoms with Gasteiger partial charge < -0.3 is 10.6 Å². The van der Waals surface area contributed by atoms with Crippen molar-refractivity contribution in [3.05, 3.63) is 80.0 Å². The number of hydrogen-bond donors (Lipinski definition) is 2. The average Bonchev–Trinajstić information content (AvgIpc) is 2.62. The van der Waals surface area contributed by atoms with Crippen LogP contribution < -0.4 is 10.6 Å². The molecule has 0 saturated heterocycles. The van der Waals surface area contributed by atoms with E-state index in [0.717, 1.165) is 6.20 Å². The molecule has 0 bridgehead atoms. The summed E-state index contributed by atoms with van der Waals surface area (Å²) < 4.78 is 0. The fourth-order valence-corrected chi connectivity index (χ4v) is 2.35. The molecule has 0 radical (unpaired) electrons. The van der Waals surface area contributed by atoms with Gasteiger partial charge in [0.1, 0.15) is 16.7 Å². The van der Waals surface area contributed by atoms with Gasteiger partial charge in [-0.1, -0.05) is 41.4 Å². The molecular formula is C17H12Cl2N4O3. The zero-order chi connectivity index (χ0) is 19.1. The third-order valence-corrected chi connectivity index (χ3v) is 3.98. The van der Waals surface area contributed by atoms with Crippen LogP contribution in [0.2, 0.25) is 10.0 Å². The van der Waals surface area contributed by atoms with Gasteiger partial charge in [-0.3, -0.25) is 14.9 Å². The van der Waals surface area contributed by atoms with Crippen LogP contribution in [0.5, 0.6) is 0 Å². The van der Waals surface area contributed by atoms with Crippen molar-refractivity contribution in [2.45, 2.75) is 6.54 Å². The van der Waals surface area contributed by atoms with Crippen LogP contribution in [0.1, 0.15) is 5.56 Å². The second-order valence-corrected chi connectivity index (χ2v) is 5.83. The van der Waals surface area contributed by atoms with E-state index in [4.69, 9.17) is 28.5 Å². The Bertz CT molecular complexity index is 922. The standard InChI is InChI=1S/C17H12Cl2N4O3/c18-14-4-2-1-3-11(14)9-22-17(24)12(8-20)10-21-13-5-6-15(19)16(7-13)23(25)26/h1-7,10,21H,9H2,(H,22,24)/b12-10-. The Kier molecular flexibility index (Phi) is 6.55. The van der Waals surface area contributed by atoms with Crippen LogP contribution in [0, 0.1) is 21.4 Å². The van der Waals surface area contributed by atoms with Crippen molar-refractivity contribution in [2.24, 2.45) is 0 Å². The summed E-state index contributed by atoms with van der Waals surface area (Å²) in [6, 6.07) is 12.8. The number of hydrogen-bond acceptors (Lipinski definition) is 5. The molecule has 1 amide bonds. The lowest BCUT2D eigenvalue weighted by Crippen LogP contribution is -2.24. The quantitative estimate of drug-likeness (QED) is 0.334. The first-order valence-corrected chi connectivity index (χ1v) is 8.00. The summed E-state index contributed by atoms with van der Waals surface area (Å²) in [6.45, 7) is 0.157. The summed E-state index contributed by atoms with van der Waals surface area (Å²) in [4.78, 5) is 22.3. The average molecular weight is 391 g/mol. The molecule has 0 fully saturated rings. The molecule has 9 heteroatoms. The van der Waals surface area contributed by atoms with Crippen molar-refractivity contribution in [2.75, 3.05) is 5.32 Å². The summed E-state index contributed by atoms with van der Waals surface area (Å²) in [5.41, 5.74) is 0.537. The maximum absolute atomic E-state index is 12.1. The van der Waals surface area contributed by atoms with Gasteiger partial charge in [-0.2, -0.15) is 5.26 Å². The van der Waals surface area contributed by atoms with E-state index in [-0.39, 0.29) is 22.8 Å². The molecule has 0 unspecified atom stereocenters. The van der Waals surface area contributed by atoms with Crippen LogP contribution in [-0.2, 0) is 11.3 Å². The normalized spacial score (nSPS) is 10.7. The fraction of sp³-hybridized carbons (Fsp3) is 0.0588. The molecule has 2 aromatic rings. The molecule has 0 atom stereocenters. The highest BCUT2D eigenvalue weighted by Gasteiger charge is 2.13. The van der Waals surface area contributed by atoms with Crippen LogP contribution in [0.3, 0.4) is 0 Å². The predicted octanol–water partition coefficient (Wildman–Crippen LogP) is 4.04. The third kappa shape index (κ3) is 4.96. The maximum Gasteiger partial charge on any atom is 0.289 e. The van der Waals surface area contributed by atoms with Gasteiger partial charge in [0, 0.05) is 29.5 Å². The summed E-state index contributed by atoms with van der Waals surface area (Å²) >= 11 is 11.7. The minimum absolute atomic E-state index is 0.0116. The summed E-state index contributed by atoms with van der Waals surface area (Å²) in [5, 5.41) is 25.8. The molecule has 2 rings (SSSR count). The Morgan fingerprint density at radius 3 is 2.62 bits per heavy atom. The van der Waals surface area contributed by atoms with E-state index in [9.17, 15) is 14.9 Å². The van der Waals surface area contributed by atoms with Crippen molar-refractivity contribution >= 4 is 40.5 Å². The van der Waals surface area contributed by atoms with Gasteiger partial charge in [0.15, 0.2) is 0 Å². The van der Waals surface area contributed by atoms with E-state index in [0.29, 0.717) is 16.3 Å². The number of nitro groups is 1. The van der Waals surface area contributed by atoms with E-state index in [1.165, 1.54) is 18.2 Å². The van der Waals surface area contributed by atoms with Crippen LogP contribution in [-0.4, -0.2) is 10.8 Å². The van der Waals surface area contributed by atoms with Gasteiger partial charge in [-0.25, -0.2) is 0 Å². The molecule has 2 aromatic carbocycles. The lowest BCUT2D eigenvalue weighted by atomic mass is 10.2. The highest BCUT2D eigenvalue weighted by molar-refractivity contribution is 6.32. The molecule has 0 aliphatic carbocycles. The molecule has 0 aromatic heterocycles. The smallest absolute Gasteiger partial charge is 0.289 e. The lowest BCUT2D eigenvalue weighted by molar-refractivity contribution is -0.384. The highest BCUT2D eigenvalue weighted by atomic mass is 35.5. The number of halogens is 2. The molecule has 2 N–H and O–H groups in total. The minimum atomic E-state index is -0.626. The molecule has 26 heavy (non-hydrogen) atoms. The van der Waals surface area contributed by atoms with E-state index in [1.807, 2.05) is 0 Å². The van der Waals surface area contributed by atoms with Crippen molar-refractivity contribution in [1.82, 2.24) is 5.32 Å². The number of carbonyl (C=O) groups is 1. The number of anilines is 1. The van der Waals surface area contributed by atoms with Gasteiger partial charge in [0.25, 0.3) is 11.6 Å². The molecule has 0 heterocycles. The first kappa shape index (κ1) is 19.2. The second-order valence-electron chi connectivity index (χ2n) is 5.01. The summed E-state index contributed by atoms with van der Waals surface area (Å²) in [7, 11) is 0. The zero-order valence-corrected chi connectivity index (χ0v) is 14.7. The molecule has 7 nitrogen and oxygen atoms in total. The monoisotopic (exact) mass is 390 g/mol. The van der Waals surface area contributed by atoms with Crippen molar-refractivity contribution < 1.29 is 9.72 Å². The number of nitrogens with zero attached hydrogens (tertiary/aromatic N) is 2. The highest BCUT2D eigenvalue weighted by Crippen LogP contribution is 2.27. The Morgan fingerprint density at radius 1 is 1.23 bits per heavy atom. The van der Waals surface area contributed by atoms with Gasteiger partial charge in [0.05, 0.1) is 4.92 Å². The van der Waals surface area contributed by atoms with Gasteiger partial charge in [-0.05, 0) is 23.8 Å².